The SMILES string of the molecule is CC(CC(F)(F)F)NCc1cc(C#N)cs1. The summed E-state index contributed by atoms with van der Waals surface area (Å²) in [5.41, 5.74) is 0.547. The molecule has 0 fully saturated rings. The number of halogens is 3. The van der Waals surface area contributed by atoms with Crippen LogP contribution in [0.1, 0.15) is 23.8 Å². The molecule has 6 heteroatoms. The number of alkyl halides is 3. The van der Waals surface area contributed by atoms with Gasteiger partial charge < -0.3 is 5.32 Å². The Morgan fingerprint density at radius 2 is 2.25 bits per heavy atom. The van der Waals surface area contributed by atoms with Gasteiger partial charge in [0.2, 0.25) is 0 Å². The van der Waals surface area contributed by atoms with Crippen LogP contribution in [0.3, 0.4) is 0 Å². The lowest BCUT2D eigenvalue weighted by atomic mass is 10.2. The van der Waals surface area contributed by atoms with Crippen molar-refractivity contribution in [3.05, 3.63) is 21.9 Å². The second kappa shape index (κ2) is 5.32. The summed E-state index contributed by atoms with van der Waals surface area (Å²) in [6, 6.07) is 3.04. The normalized spacial score (nSPS) is 13.4. The fourth-order valence-electron chi connectivity index (χ4n) is 1.23. The predicted molar refractivity (Wildman–Crippen MR) is 56.0 cm³/mol. The molecule has 1 atom stereocenters. The molecule has 0 bridgehead atoms. The molecule has 1 heterocycles. The number of hydrogen-bond donors (Lipinski definition) is 1. The minimum atomic E-state index is -4.14. The molecule has 0 spiro atoms. The molecule has 1 aromatic heterocycles. The number of hydrogen-bond acceptors (Lipinski definition) is 3. The van der Waals surface area contributed by atoms with Crippen molar-refractivity contribution in [1.82, 2.24) is 5.32 Å². The van der Waals surface area contributed by atoms with Gasteiger partial charge in [-0.1, -0.05) is 0 Å². The van der Waals surface area contributed by atoms with Gasteiger partial charge in [-0.2, -0.15) is 18.4 Å². The molecule has 0 aliphatic rings. The van der Waals surface area contributed by atoms with Gasteiger partial charge in [0.05, 0.1) is 12.0 Å². The Balaban J connectivity index is 2.37. The average Bonchev–Trinajstić information content (AvgIpc) is 2.59. The monoisotopic (exact) mass is 248 g/mol. The number of rotatable bonds is 4. The zero-order valence-electron chi connectivity index (χ0n) is 8.64. The lowest BCUT2D eigenvalue weighted by Crippen LogP contribution is -2.30. The van der Waals surface area contributed by atoms with Gasteiger partial charge in [-0.05, 0) is 13.0 Å². The Kier molecular flexibility index (Phi) is 4.33. The highest BCUT2D eigenvalue weighted by atomic mass is 32.1. The first-order chi connectivity index (χ1) is 7.40. The Bertz CT molecular complexity index is 378. The first kappa shape index (κ1) is 13.0. The summed E-state index contributed by atoms with van der Waals surface area (Å²) in [6.45, 7) is 1.86. The summed E-state index contributed by atoms with van der Waals surface area (Å²) in [5.74, 6) is 0. The number of nitrogens with zero attached hydrogens (tertiary/aromatic N) is 1. The maximum atomic E-state index is 12.0. The van der Waals surface area contributed by atoms with Crippen molar-refractivity contribution in [2.45, 2.75) is 32.1 Å². The summed E-state index contributed by atoms with van der Waals surface area (Å²) in [5, 5.41) is 13.0. The lowest BCUT2D eigenvalue weighted by molar-refractivity contribution is -0.139. The van der Waals surface area contributed by atoms with Crippen LogP contribution in [0.15, 0.2) is 11.4 Å². The summed E-state index contributed by atoms with van der Waals surface area (Å²) in [4.78, 5) is 0.866. The van der Waals surface area contributed by atoms with Crippen LogP contribution in [0.2, 0.25) is 0 Å². The Morgan fingerprint density at radius 3 is 2.75 bits per heavy atom. The molecule has 0 aromatic carbocycles. The topological polar surface area (TPSA) is 35.8 Å². The van der Waals surface area contributed by atoms with Crippen molar-refractivity contribution in [3.8, 4) is 6.07 Å². The molecule has 16 heavy (non-hydrogen) atoms. The Hall–Kier alpha value is -1.06. The Morgan fingerprint density at radius 1 is 1.56 bits per heavy atom. The summed E-state index contributed by atoms with van der Waals surface area (Å²) in [6.07, 6.45) is -4.98. The second-order valence-electron chi connectivity index (χ2n) is 3.51. The molecule has 1 aromatic rings. The number of nitriles is 1. The van der Waals surface area contributed by atoms with E-state index < -0.39 is 18.6 Å². The second-order valence-corrected chi connectivity index (χ2v) is 4.51. The molecular formula is C10H11F3N2S. The van der Waals surface area contributed by atoms with E-state index >= 15 is 0 Å². The van der Waals surface area contributed by atoms with Crippen LogP contribution in [0.25, 0.3) is 0 Å². The van der Waals surface area contributed by atoms with Gasteiger partial charge in [0.1, 0.15) is 6.07 Å². The first-order valence-corrected chi connectivity index (χ1v) is 5.56. The Labute approximate surface area is 95.7 Å². The molecule has 0 radical (unpaired) electrons. The minimum absolute atomic E-state index is 0.365. The van der Waals surface area contributed by atoms with Gasteiger partial charge >= 0.3 is 6.18 Å². The van der Waals surface area contributed by atoms with E-state index in [1.165, 1.54) is 18.3 Å². The van der Waals surface area contributed by atoms with Crippen molar-refractivity contribution < 1.29 is 13.2 Å². The van der Waals surface area contributed by atoms with Crippen LogP contribution in [0.4, 0.5) is 13.2 Å². The molecule has 0 saturated heterocycles. The van der Waals surface area contributed by atoms with E-state index in [2.05, 4.69) is 5.32 Å². The standard InChI is InChI=1S/C10H11F3N2S/c1-7(3-10(11,12)13)15-5-9-2-8(4-14)6-16-9/h2,6-7,15H,3,5H2,1H3. The van der Waals surface area contributed by atoms with E-state index in [1.807, 2.05) is 6.07 Å². The van der Waals surface area contributed by atoms with Crippen molar-refractivity contribution in [1.29, 1.82) is 5.26 Å². The molecule has 0 saturated carbocycles. The van der Waals surface area contributed by atoms with E-state index in [-0.39, 0.29) is 0 Å². The molecule has 2 nitrogen and oxygen atoms in total. The maximum Gasteiger partial charge on any atom is 0.390 e. The zero-order chi connectivity index (χ0) is 12.2. The molecular weight excluding hydrogens is 237 g/mol. The highest BCUT2D eigenvalue weighted by Crippen LogP contribution is 2.21. The van der Waals surface area contributed by atoms with Gasteiger partial charge in [0.15, 0.2) is 0 Å². The minimum Gasteiger partial charge on any atom is -0.309 e. The van der Waals surface area contributed by atoms with Crippen LogP contribution in [0, 0.1) is 11.3 Å². The van der Waals surface area contributed by atoms with Gasteiger partial charge in [-0.15, -0.1) is 11.3 Å². The van der Waals surface area contributed by atoms with E-state index in [1.54, 1.807) is 11.4 Å². The quantitative estimate of drug-likeness (QED) is 0.889. The van der Waals surface area contributed by atoms with E-state index in [4.69, 9.17) is 5.26 Å². The van der Waals surface area contributed by atoms with Crippen molar-refractivity contribution in [3.63, 3.8) is 0 Å². The van der Waals surface area contributed by atoms with Gasteiger partial charge in [-0.25, -0.2) is 0 Å². The van der Waals surface area contributed by atoms with Crippen LogP contribution in [-0.4, -0.2) is 12.2 Å². The summed E-state index contributed by atoms with van der Waals surface area (Å²) in [7, 11) is 0. The van der Waals surface area contributed by atoms with Gasteiger partial charge in [0.25, 0.3) is 0 Å². The summed E-state index contributed by atoms with van der Waals surface area (Å²) >= 11 is 1.37. The fourth-order valence-corrected chi connectivity index (χ4v) is 1.99. The van der Waals surface area contributed by atoms with Crippen molar-refractivity contribution >= 4 is 11.3 Å². The number of thiophene rings is 1. The number of nitrogens with one attached hydrogen (secondary N) is 1. The zero-order valence-corrected chi connectivity index (χ0v) is 9.45. The smallest absolute Gasteiger partial charge is 0.309 e. The van der Waals surface area contributed by atoms with Crippen molar-refractivity contribution in [2.24, 2.45) is 0 Å². The first-order valence-electron chi connectivity index (χ1n) is 4.68. The van der Waals surface area contributed by atoms with Crippen LogP contribution >= 0.6 is 11.3 Å². The highest BCUT2D eigenvalue weighted by molar-refractivity contribution is 7.10. The van der Waals surface area contributed by atoms with Gasteiger partial charge in [0, 0.05) is 22.8 Å². The van der Waals surface area contributed by atoms with Crippen LogP contribution in [-0.2, 0) is 6.54 Å². The largest absolute Gasteiger partial charge is 0.390 e. The molecule has 88 valence electrons. The maximum absolute atomic E-state index is 12.0. The van der Waals surface area contributed by atoms with E-state index in [0.29, 0.717) is 12.1 Å². The highest BCUT2D eigenvalue weighted by Gasteiger charge is 2.29. The molecule has 0 aliphatic heterocycles. The third-order valence-corrected chi connectivity index (χ3v) is 2.88. The van der Waals surface area contributed by atoms with Crippen molar-refractivity contribution in [2.75, 3.05) is 0 Å². The molecule has 1 N–H and O–H groups in total. The fraction of sp³-hybridized carbons (Fsp3) is 0.500. The van der Waals surface area contributed by atoms with E-state index in [0.717, 1.165) is 4.88 Å². The molecule has 1 rings (SSSR count). The molecule has 1 unspecified atom stereocenters. The van der Waals surface area contributed by atoms with Crippen LogP contribution in [0.5, 0.6) is 0 Å². The molecule has 0 aliphatic carbocycles. The van der Waals surface area contributed by atoms with Crippen LogP contribution < -0.4 is 5.32 Å². The third kappa shape index (κ3) is 4.64. The van der Waals surface area contributed by atoms with E-state index in [9.17, 15) is 13.2 Å². The third-order valence-electron chi connectivity index (χ3n) is 1.95. The lowest BCUT2D eigenvalue weighted by Gasteiger charge is -2.14. The summed E-state index contributed by atoms with van der Waals surface area (Å²) < 4.78 is 36.0. The predicted octanol–water partition coefficient (Wildman–Crippen LogP) is 3.05. The van der Waals surface area contributed by atoms with Gasteiger partial charge in [-0.3, -0.25) is 0 Å². The molecule has 0 amide bonds. The average molecular weight is 248 g/mol.